The van der Waals surface area contributed by atoms with Gasteiger partial charge in [-0.25, -0.2) is 0 Å². The third-order valence-corrected chi connectivity index (χ3v) is 4.81. The molecule has 0 saturated carbocycles. The third-order valence-electron chi connectivity index (χ3n) is 3.76. The summed E-state index contributed by atoms with van der Waals surface area (Å²) in [5, 5.41) is 15.1. The van der Waals surface area contributed by atoms with Crippen molar-refractivity contribution in [2.24, 2.45) is 4.99 Å². The van der Waals surface area contributed by atoms with Crippen molar-refractivity contribution in [3.63, 3.8) is 0 Å². The van der Waals surface area contributed by atoms with Crippen LogP contribution in [0.5, 0.6) is 0 Å². The number of hydrogen-bond donors (Lipinski definition) is 0. The van der Waals surface area contributed by atoms with Gasteiger partial charge in [-0.3, -0.25) is 19.6 Å². The number of hydrogen-bond acceptors (Lipinski definition) is 5. The predicted octanol–water partition coefficient (Wildman–Crippen LogP) is 3.32. The molecular weight excluding hydrogens is 354 g/mol. The number of non-ortho nitro benzene ring substituents is 1. The van der Waals surface area contributed by atoms with Crippen LogP contribution in [0.25, 0.3) is 10.2 Å². The maximum Gasteiger partial charge on any atom is 0.297 e. The molecule has 0 N–H and O–H groups in total. The molecule has 0 saturated heterocycles. The van der Waals surface area contributed by atoms with Crippen molar-refractivity contribution in [3.05, 3.63) is 63.7 Å². The summed E-state index contributed by atoms with van der Waals surface area (Å²) >= 11 is 1.23. The van der Waals surface area contributed by atoms with Crippen LogP contribution in [0.3, 0.4) is 0 Å². The Balaban J connectivity index is 2.16. The topological polar surface area (TPSA) is 95.3 Å². The summed E-state index contributed by atoms with van der Waals surface area (Å²) in [6.45, 7) is 8.03. The second-order valence-corrected chi connectivity index (χ2v) is 6.87. The number of carbonyl (C=O) groups excluding carboxylic acids is 1. The molecule has 0 aliphatic heterocycles. The number of thiazole rings is 1. The van der Waals surface area contributed by atoms with Crippen molar-refractivity contribution in [2.45, 2.75) is 26.4 Å². The number of aromatic nitrogens is 3. The summed E-state index contributed by atoms with van der Waals surface area (Å²) in [4.78, 5) is 27.9. The first-order valence-corrected chi connectivity index (χ1v) is 8.75. The molecule has 134 valence electrons. The van der Waals surface area contributed by atoms with Gasteiger partial charge in [-0.05, 0) is 26.0 Å². The zero-order valence-electron chi connectivity index (χ0n) is 14.3. The van der Waals surface area contributed by atoms with Crippen LogP contribution in [0.2, 0.25) is 0 Å². The predicted molar refractivity (Wildman–Crippen MR) is 99.2 cm³/mol. The summed E-state index contributed by atoms with van der Waals surface area (Å²) in [5.41, 5.74) is 1.17. The molecule has 3 aromatic rings. The SMILES string of the molecule is C=CCn1c(=NC(=O)c2ccnn2C(C)C)sc2cc([N+](=O)[O-])ccc21. The number of allylic oxidation sites excluding steroid dienone is 1. The van der Waals surface area contributed by atoms with E-state index in [2.05, 4.69) is 16.7 Å². The standard InChI is InChI=1S/C17H17N5O3S/c1-4-9-20-13-6-5-12(22(24)25)10-15(13)26-17(20)19-16(23)14-7-8-18-21(14)11(2)3/h4-8,10-11H,1,9H2,2-3H3. The minimum atomic E-state index is -0.444. The third kappa shape index (κ3) is 3.21. The van der Waals surface area contributed by atoms with Crippen molar-refractivity contribution >= 4 is 33.1 Å². The molecule has 2 aromatic heterocycles. The molecule has 3 rings (SSSR count). The second kappa shape index (κ2) is 7.04. The molecule has 8 nitrogen and oxygen atoms in total. The summed E-state index contributed by atoms with van der Waals surface area (Å²) in [6, 6.07) is 6.25. The van der Waals surface area contributed by atoms with Gasteiger partial charge in [0.05, 0.1) is 15.1 Å². The van der Waals surface area contributed by atoms with E-state index >= 15 is 0 Å². The Morgan fingerprint density at radius 2 is 2.23 bits per heavy atom. The number of fused-ring (bicyclic) bond motifs is 1. The Labute approximate surface area is 152 Å². The number of rotatable bonds is 5. The highest BCUT2D eigenvalue weighted by molar-refractivity contribution is 7.16. The lowest BCUT2D eigenvalue weighted by Crippen LogP contribution is -2.18. The number of nitro benzene ring substituents is 1. The van der Waals surface area contributed by atoms with E-state index in [0.717, 1.165) is 5.52 Å². The second-order valence-electron chi connectivity index (χ2n) is 5.86. The van der Waals surface area contributed by atoms with E-state index in [-0.39, 0.29) is 11.7 Å². The van der Waals surface area contributed by atoms with Gasteiger partial charge in [0, 0.05) is 30.9 Å². The molecule has 1 amide bonds. The molecule has 0 spiro atoms. The van der Waals surface area contributed by atoms with Crippen LogP contribution in [0, 0.1) is 10.1 Å². The molecule has 0 atom stereocenters. The van der Waals surface area contributed by atoms with E-state index in [1.54, 1.807) is 29.1 Å². The van der Waals surface area contributed by atoms with Gasteiger partial charge in [-0.1, -0.05) is 17.4 Å². The molecule has 0 radical (unpaired) electrons. The lowest BCUT2D eigenvalue weighted by atomic mass is 10.3. The van der Waals surface area contributed by atoms with Crippen molar-refractivity contribution in [3.8, 4) is 0 Å². The van der Waals surface area contributed by atoms with Gasteiger partial charge in [0.2, 0.25) is 0 Å². The normalized spacial score (nSPS) is 12.0. The van der Waals surface area contributed by atoms with E-state index in [1.165, 1.54) is 23.5 Å². The molecule has 0 bridgehead atoms. The first kappa shape index (κ1) is 17.7. The van der Waals surface area contributed by atoms with Crippen LogP contribution < -0.4 is 4.80 Å². The smallest absolute Gasteiger partial charge is 0.297 e. The van der Waals surface area contributed by atoms with E-state index in [1.807, 2.05) is 18.4 Å². The average molecular weight is 371 g/mol. The first-order chi connectivity index (χ1) is 12.4. The van der Waals surface area contributed by atoms with Crippen LogP contribution in [-0.2, 0) is 6.54 Å². The zero-order valence-corrected chi connectivity index (χ0v) is 15.1. The number of amides is 1. The monoisotopic (exact) mass is 371 g/mol. The van der Waals surface area contributed by atoms with Crippen molar-refractivity contribution in [1.29, 1.82) is 0 Å². The van der Waals surface area contributed by atoms with Gasteiger partial charge in [0.1, 0.15) is 5.69 Å². The number of carbonyl (C=O) groups is 1. The van der Waals surface area contributed by atoms with E-state index in [0.29, 0.717) is 21.7 Å². The molecule has 0 fully saturated rings. The van der Waals surface area contributed by atoms with E-state index in [4.69, 9.17) is 0 Å². The summed E-state index contributed by atoms with van der Waals surface area (Å²) in [7, 11) is 0. The summed E-state index contributed by atoms with van der Waals surface area (Å²) in [6.07, 6.45) is 3.25. The summed E-state index contributed by atoms with van der Waals surface area (Å²) in [5.74, 6) is -0.407. The number of benzene rings is 1. The molecule has 2 heterocycles. The fraction of sp³-hybridized carbons (Fsp3) is 0.235. The zero-order chi connectivity index (χ0) is 18.8. The molecular formula is C17H17N5O3S. The Morgan fingerprint density at radius 3 is 2.88 bits per heavy atom. The van der Waals surface area contributed by atoms with E-state index in [9.17, 15) is 14.9 Å². The van der Waals surface area contributed by atoms with Crippen LogP contribution >= 0.6 is 11.3 Å². The maximum atomic E-state index is 12.6. The van der Waals surface area contributed by atoms with Crippen LogP contribution in [-0.4, -0.2) is 25.2 Å². The Hall–Kier alpha value is -3.07. The van der Waals surface area contributed by atoms with Gasteiger partial charge in [-0.2, -0.15) is 10.1 Å². The van der Waals surface area contributed by atoms with Crippen LogP contribution in [0.1, 0.15) is 30.4 Å². The molecule has 0 aliphatic carbocycles. The maximum absolute atomic E-state index is 12.6. The minimum Gasteiger partial charge on any atom is -0.312 e. The highest BCUT2D eigenvalue weighted by Crippen LogP contribution is 2.23. The van der Waals surface area contributed by atoms with Gasteiger partial charge in [-0.15, -0.1) is 6.58 Å². The largest absolute Gasteiger partial charge is 0.312 e. The van der Waals surface area contributed by atoms with Crippen molar-refractivity contribution in [2.75, 3.05) is 0 Å². The fourth-order valence-electron chi connectivity index (χ4n) is 2.61. The first-order valence-electron chi connectivity index (χ1n) is 7.93. The number of nitrogens with zero attached hydrogens (tertiary/aromatic N) is 5. The Bertz CT molecular complexity index is 1070. The molecule has 26 heavy (non-hydrogen) atoms. The van der Waals surface area contributed by atoms with Crippen molar-refractivity contribution < 1.29 is 9.72 Å². The average Bonchev–Trinajstić information content (AvgIpc) is 3.20. The molecule has 0 aliphatic rings. The lowest BCUT2D eigenvalue weighted by Gasteiger charge is -2.07. The lowest BCUT2D eigenvalue weighted by molar-refractivity contribution is -0.384. The van der Waals surface area contributed by atoms with Gasteiger partial charge in [0.15, 0.2) is 4.80 Å². The van der Waals surface area contributed by atoms with Gasteiger partial charge < -0.3 is 4.57 Å². The van der Waals surface area contributed by atoms with Crippen LogP contribution in [0.4, 0.5) is 5.69 Å². The van der Waals surface area contributed by atoms with Crippen LogP contribution in [0.15, 0.2) is 48.1 Å². The quantitative estimate of drug-likeness (QED) is 0.390. The summed E-state index contributed by atoms with van der Waals surface area (Å²) < 4.78 is 4.11. The fourth-order valence-corrected chi connectivity index (χ4v) is 3.68. The molecule has 9 heteroatoms. The van der Waals surface area contributed by atoms with Crippen molar-refractivity contribution in [1.82, 2.24) is 14.3 Å². The Morgan fingerprint density at radius 1 is 1.46 bits per heavy atom. The molecule has 0 unspecified atom stereocenters. The minimum absolute atomic E-state index is 0.000244. The highest BCUT2D eigenvalue weighted by Gasteiger charge is 2.15. The number of nitro groups is 1. The van der Waals surface area contributed by atoms with E-state index < -0.39 is 10.8 Å². The highest BCUT2D eigenvalue weighted by atomic mass is 32.1. The van der Waals surface area contributed by atoms with Gasteiger partial charge >= 0.3 is 0 Å². The van der Waals surface area contributed by atoms with Gasteiger partial charge in [0.25, 0.3) is 11.6 Å². The Kier molecular flexibility index (Phi) is 4.81. The molecule has 1 aromatic carbocycles.